The first kappa shape index (κ1) is 14.7. The van der Waals surface area contributed by atoms with Crippen molar-refractivity contribution in [1.29, 1.82) is 0 Å². The molecule has 0 spiro atoms. The summed E-state index contributed by atoms with van der Waals surface area (Å²) >= 11 is 0. The minimum Gasteiger partial charge on any atom is -0.391 e. The Labute approximate surface area is 117 Å². The molecule has 0 aromatic carbocycles. The normalized spacial score (nSPS) is 22.8. The minimum atomic E-state index is -0.637. The van der Waals surface area contributed by atoms with Gasteiger partial charge in [-0.2, -0.15) is 0 Å². The molecule has 0 unspecified atom stereocenters. The maximum Gasteiger partial charge on any atom is 0.261 e. The number of aromatic amines is 1. The number of nitrogens with one attached hydrogen (secondary N) is 2. The van der Waals surface area contributed by atoms with Crippen molar-refractivity contribution in [3.8, 4) is 0 Å². The molecular weight excluding hydrogens is 260 g/mol. The van der Waals surface area contributed by atoms with Crippen molar-refractivity contribution in [2.24, 2.45) is 0 Å². The van der Waals surface area contributed by atoms with Gasteiger partial charge < -0.3 is 20.1 Å². The lowest BCUT2D eigenvalue weighted by molar-refractivity contribution is -0.0140. The predicted molar refractivity (Wildman–Crippen MR) is 73.8 cm³/mol. The summed E-state index contributed by atoms with van der Waals surface area (Å²) in [6, 6.07) is 2.77. The van der Waals surface area contributed by atoms with Gasteiger partial charge in [-0.15, -0.1) is 0 Å². The first-order valence-corrected chi connectivity index (χ1v) is 6.79. The molecule has 0 radical (unpaired) electrons. The molecule has 1 saturated heterocycles. The van der Waals surface area contributed by atoms with Crippen LogP contribution >= 0.6 is 0 Å². The second kappa shape index (κ2) is 6.19. The van der Waals surface area contributed by atoms with Crippen LogP contribution in [-0.2, 0) is 4.74 Å². The Morgan fingerprint density at radius 1 is 1.50 bits per heavy atom. The maximum atomic E-state index is 12.1. The van der Waals surface area contributed by atoms with Crippen molar-refractivity contribution in [3.05, 3.63) is 33.7 Å². The second-order valence-electron chi connectivity index (χ2n) is 5.32. The van der Waals surface area contributed by atoms with E-state index in [1.807, 2.05) is 13.8 Å². The van der Waals surface area contributed by atoms with Crippen LogP contribution in [0.25, 0.3) is 0 Å². The van der Waals surface area contributed by atoms with E-state index in [1.54, 1.807) is 6.07 Å². The largest absolute Gasteiger partial charge is 0.391 e. The van der Waals surface area contributed by atoms with Gasteiger partial charge in [-0.05, 0) is 24.5 Å². The molecule has 1 aromatic rings. The highest BCUT2D eigenvalue weighted by molar-refractivity contribution is 5.94. The molecule has 2 atom stereocenters. The summed E-state index contributed by atoms with van der Waals surface area (Å²) in [5, 5.41) is 12.4. The number of pyridine rings is 1. The molecule has 1 aromatic heterocycles. The summed E-state index contributed by atoms with van der Waals surface area (Å²) in [6.07, 6.45) is -0.158. The number of carbonyl (C=O) groups excluding carboxylic acids is 1. The summed E-state index contributed by atoms with van der Waals surface area (Å²) < 4.78 is 5.21. The summed E-state index contributed by atoms with van der Waals surface area (Å²) in [7, 11) is 0. The molecule has 6 heteroatoms. The average molecular weight is 280 g/mol. The van der Waals surface area contributed by atoms with Crippen LogP contribution in [0, 0.1) is 0 Å². The molecule has 1 amide bonds. The molecule has 2 rings (SSSR count). The van der Waals surface area contributed by atoms with Gasteiger partial charge in [0, 0.05) is 12.3 Å². The molecule has 0 saturated carbocycles. The zero-order chi connectivity index (χ0) is 14.7. The molecule has 110 valence electrons. The van der Waals surface area contributed by atoms with Crippen LogP contribution in [0.4, 0.5) is 0 Å². The van der Waals surface area contributed by atoms with Crippen LogP contribution in [0.3, 0.4) is 0 Å². The smallest absolute Gasteiger partial charge is 0.261 e. The molecule has 1 fully saturated rings. The van der Waals surface area contributed by atoms with Gasteiger partial charge >= 0.3 is 0 Å². The first-order chi connectivity index (χ1) is 9.49. The Morgan fingerprint density at radius 2 is 2.25 bits per heavy atom. The van der Waals surface area contributed by atoms with Gasteiger partial charge in [0.1, 0.15) is 5.56 Å². The minimum absolute atomic E-state index is 0.0483. The van der Waals surface area contributed by atoms with Crippen molar-refractivity contribution < 1.29 is 14.6 Å². The fourth-order valence-electron chi connectivity index (χ4n) is 2.12. The van der Waals surface area contributed by atoms with Crippen molar-refractivity contribution in [3.63, 3.8) is 0 Å². The third-order valence-electron chi connectivity index (χ3n) is 3.44. The van der Waals surface area contributed by atoms with E-state index >= 15 is 0 Å². The summed E-state index contributed by atoms with van der Waals surface area (Å²) in [5.74, 6) is -0.301. The van der Waals surface area contributed by atoms with Crippen LogP contribution in [0.15, 0.2) is 16.9 Å². The molecule has 1 aliphatic rings. The maximum absolute atomic E-state index is 12.1. The van der Waals surface area contributed by atoms with E-state index in [9.17, 15) is 14.7 Å². The summed E-state index contributed by atoms with van der Waals surface area (Å²) in [5.41, 5.74) is 0.416. The van der Waals surface area contributed by atoms with Crippen molar-refractivity contribution in [2.45, 2.75) is 38.3 Å². The standard InChI is InChI=1S/C14H20N2O4/c1-8(2)10-4-3-9(13(18)15-10)14(19)16-11-7-20-6-5-12(11)17/h3-4,8,11-12,17H,5-7H2,1-2H3,(H,15,18)(H,16,19)/t11-,12-/m1/s1. The number of aliphatic hydroxyl groups excluding tert-OH is 1. The van der Waals surface area contributed by atoms with Crippen LogP contribution < -0.4 is 10.9 Å². The van der Waals surface area contributed by atoms with Crippen LogP contribution in [0.1, 0.15) is 42.2 Å². The van der Waals surface area contributed by atoms with Gasteiger partial charge in [0.2, 0.25) is 0 Å². The van der Waals surface area contributed by atoms with Gasteiger partial charge in [0.05, 0.1) is 18.8 Å². The zero-order valence-corrected chi connectivity index (χ0v) is 11.7. The predicted octanol–water partition coefficient (Wildman–Crippen LogP) is 0.378. The van der Waals surface area contributed by atoms with Crippen molar-refractivity contribution >= 4 is 5.91 Å². The molecule has 20 heavy (non-hydrogen) atoms. The molecule has 1 aliphatic heterocycles. The molecule has 0 aliphatic carbocycles. The van der Waals surface area contributed by atoms with E-state index < -0.39 is 23.6 Å². The van der Waals surface area contributed by atoms with E-state index in [2.05, 4.69) is 10.3 Å². The Hall–Kier alpha value is -1.66. The second-order valence-corrected chi connectivity index (χ2v) is 5.32. The fraction of sp³-hybridized carbons (Fsp3) is 0.571. The van der Waals surface area contributed by atoms with E-state index in [-0.39, 0.29) is 18.1 Å². The van der Waals surface area contributed by atoms with Gasteiger partial charge in [-0.1, -0.05) is 13.8 Å². The molecule has 3 N–H and O–H groups in total. The van der Waals surface area contributed by atoms with Crippen LogP contribution in [-0.4, -0.2) is 41.4 Å². The number of aromatic nitrogens is 1. The number of hydrogen-bond acceptors (Lipinski definition) is 4. The Balaban J connectivity index is 2.11. The molecule has 2 heterocycles. The number of rotatable bonds is 3. The van der Waals surface area contributed by atoms with Crippen LogP contribution in [0.5, 0.6) is 0 Å². The van der Waals surface area contributed by atoms with Crippen molar-refractivity contribution in [1.82, 2.24) is 10.3 Å². The van der Waals surface area contributed by atoms with E-state index in [1.165, 1.54) is 6.07 Å². The highest BCUT2D eigenvalue weighted by atomic mass is 16.5. The molecule has 6 nitrogen and oxygen atoms in total. The van der Waals surface area contributed by atoms with E-state index in [0.717, 1.165) is 5.69 Å². The monoisotopic (exact) mass is 280 g/mol. The van der Waals surface area contributed by atoms with E-state index in [0.29, 0.717) is 13.0 Å². The third-order valence-corrected chi connectivity index (χ3v) is 3.44. The van der Waals surface area contributed by atoms with Crippen molar-refractivity contribution in [2.75, 3.05) is 13.2 Å². The first-order valence-electron chi connectivity index (χ1n) is 6.79. The number of aliphatic hydroxyl groups is 1. The molecular formula is C14H20N2O4. The number of carbonyl (C=O) groups is 1. The van der Waals surface area contributed by atoms with Gasteiger partial charge in [0.15, 0.2) is 0 Å². The van der Waals surface area contributed by atoms with E-state index in [4.69, 9.17) is 4.74 Å². The number of amides is 1. The number of H-pyrrole nitrogens is 1. The molecule has 0 bridgehead atoms. The lowest BCUT2D eigenvalue weighted by Gasteiger charge is -2.28. The lowest BCUT2D eigenvalue weighted by atomic mass is 10.1. The van der Waals surface area contributed by atoms with Gasteiger partial charge in [-0.25, -0.2) is 0 Å². The SMILES string of the molecule is CC(C)c1ccc(C(=O)N[C@@H]2COCC[C@H]2O)c(=O)[nH]1. The average Bonchev–Trinajstić information content (AvgIpc) is 2.41. The Morgan fingerprint density at radius 3 is 2.85 bits per heavy atom. The topological polar surface area (TPSA) is 91.4 Å². The number of ether oxygens (including phenoxy) is 1. The highest BCUT2D eigenvalue weighted by Crippen LogP contribution is 2.10. The van der Waals surface area contributed by atoms with Gasteiger partial charge in [0.25, 0.3) is 11.5 Å². The summed E-state index contributed by atoms with van der Waals surface area (Å²) in [4.78, 5) is 26.7. The van der Waals surface area contributed by atoms with Crippen LogP contribution in [0.2, 0.25) is 0 Å². The lowest BCUT2D eigenvalue weighted by Crippen LogP contribution is -2.50. The third kappa shape index (κ3) is 3.26. The number of hydrogen-bond donors (Lipinski definition) is 3. The summed E-state index contributed by atoms with van der Waals surface area (Å²) in [6.45, 7) is 4.66. The highest BCUT2D eigenvalue weighted by Gasteiger charge is 2.26. The Bertz CT molecular complexity index is 538. The van der Waals surface area contributed by atoms with Gasteiger partial charge in [-0.3, -0.25) is 9.59 Å². The fourth-order valence-corrected chi connectivity index (χ4v) is 2.12. The zero-order valence-electron chi connectivity index (χ0n) is 11.7. The Kier molecular flexibility index (Phi) is 4.57. The quantitative estimate of drug-likeness (QED) is 0.746.